The van der Waals surface area contributed by atoms with Crippen LogP contribution in [0.4, 0.5) is 5.69 Å². The summed E-state index contributed by atoms with van der Waals surface area (Å²) in [5.74, 6) is -0.709. The zero-order chi connectivity index (χ0) is 15.9. The number of ether oxygens (including phenoxy) is 1. The normalized spacial score (nSPS) is 12.5. The number of carbonyl (C=O) groups is 1. The van der Waals surface area contributed by atoms with Crippen molar-refractivity contribution in [2.24, 2.45) is 0 Å². The third-order valence-corrected chi connectivity index (χ3v) is 3.07. The van der Waals surface area contributed by atoms with Crippen LogP contribution >= 0.6 is 0 Å². The SMILES string of the molecule is COC(=O)/C(=C(\C)O)[N+](=Cc1ccccc1)c1ccccc1. The summed E-state index contributed by atoms with van der Waals surface area (Å²) in [6, 6.07) is 18.9. The molecule has 2 aromatic carbocycles. The molecule has 0 atom stereocenters. The van der Waals surface area contributed by atoms with E-state index in [0.717, 1.165) is 11.3 Å². The highest BCUT2D eigenvalue weighted by Crippen LogP contribution is 2.19. The van der Waals surface area contributed by atoms with Gasteiger partial charge >= 0.3 is 11.7 Å². The van der Waals surface area contributed by atoms with Crippen molar-refractivity contribution in [1.29, 1.82) is 0 Å². The number of para-hydroxylation sites is 1. The van der Waals surface area contributed by atoms with Crippen molar-refractivity contribution in [2.75, 3.05) is 7.11 Å². The van der Waals surface area contributed by atoms with Crippen LogP contribution in [-0.4, -0.2) is 29.0 Å². The predicted octanol–water partition coefficient (Wildman–Crippen LogP) is 3.41. The summed E-state index contributed by atoms with van der Waals surface area (Å²) in [6.45, 7) is 1.46. The van der Waals surface area contributed by atoms with Crippen LogP contribution in [-0.2, 0) is 9.53 Å². The summed E-state index contributed by atoms with van der Waals surface area (Å²) in [7, 11) is 1.29. The molecule has 0 amide bonds. The number of allylic oxidation sites excluding steroid dienone is 1. The van der Waals surface area contributed by atoms with E-state index in [9.17, 15) is 9.90 Å². The molecule has 0 spiro atoms. The van der Waals surface area contributed by atoms with Crippen molar-refractivity contribution in [2.45, 2.75) is 6.92 Å². The number of aliphatic hydroxyl groups is 1. The average molecular weight is 296 g/mol. The Morgan fingerprint density at radius 1 is 1.05 bits per heavy atom. The molecule has 0 radical (unpaired) electrons. The first-order valence-corrected chi connectivity index (χ1v) is 6.86. The van der Waals surface area contributed by atoms with Gasteiger partial charge in [0.15, 0.2) is 12.0 Å². The fourth-order valence-electron chi connectivity index (χ4n) is 2.06. The third-order valence-electron chi connectivity index (χ3n) is 3.07. The average Bonchev–Trinajstić information content (AvgIpc) is 2.55. The minimum absolute atomic E-state index is 0.0811. The molecule has 2 aromatic rings. The Morgan fingerprint density at radius 2 is 1.59 bits per heavy atom. The number of hydrogen-bond acceptors (Lipinski definition) is 3. The van der Waals surface area contributed by atoms with Crippen molar-refractivity contribution in [3.05, 3.63) is 77.7 Å². The first kappa shape index (κ1) is 15.5. The Morgan fingerprint density at radius 3 is 2.09 bits per heavy atom. The Labute approximate surface area is 129 Å². The van der Waals surface area contributed by atoms with Gasteiger partial charge in [-0.3, -0.25) is 0 Å². The van der Waals surface area contributed by atoms with Gasteiger partial charge in [0, 0.05) is 24.6 Å². The molecule has 0 aliphatic heterocycles. The minimum Gasteiger partial charge on any atom is -0.506 e. The molecule has 112 valence electrons. The van der Waals surface area contributed by atoms with Crippen LogP contribution in [0.25, 0.3) is 0 Å². The zero-order valence-electron chi connectivity index (χ0n) is 12.6. The maximum atomic E-state index is 12.1. The van der Waals surface area contributed by atoms with Crippen molar-refractivity contribution in [3.8, 4) is 0 Å². The van der Waals surface area contributed by atoms with E-state index in [2.05, 4.69) is 0 Å². The van der Waals surface area contributed by atoms with Crippen molar-refractivity contribution in [1.82, 2.24) is 0 Å². The lowest BCUT2D eigenvalue weighted by Crippen LogP contribution is -2.19. The fraction of sp³-hybridized carbons (Fsp3) is 0.111. The van der Waals surface area contributed by atoms with E-state index in [1.54, 1.807) is 10.8 Å². The third kappa shape index (κ3) is 3.61. The lowest BCUT2D eigenvalue weighted by atomic mass is 10.2. The number of benzene rings is 2. The van der Waals surface area contributed by atoms with Gasteiger partial charge in [0.2, 0.25) is 5.69 Å². The summed E-state index contributed by atoms with van der Waals surface area (Å²) in [5, 5.41) is 9.94. The number of rotatable bonds is 4. The van der Waals surface area contributed by atoms with E-state index < -0.39 is 5.97 Å². The van der Waals surface area contributed by atoms with E-state index >= 15 is 0 Å². The largest absolute Gasteiger partial charge is 0.506 e. The van der Waals surface area contributed by atoms with Gasteiger partial charge in [-0.15, -0.1) is 0 Å². The Bertz CT molecular complexity index is 700. The van der Waals surface area contributed by atoms with E-state index in [-0.39, 0.29) is 11.5 Å². The monoisotopic (exact) mass is 296 g/mol. The molecule has 2 rings (SSSR count). The molecular weight excluding hydrogens is 278 g/mol. The van der Waals surface area contributed by atoms with Crippen LogP contribution in [0.2, 0.25) is 0 Å². The molecule has 22 heavy (non-hydrogen) atoms. The molecule has 0 bridgehead atoms. The van der Waals surface area contributed by atoms with Crippen LogP contribution in [0.3, 0.4) is 0 Å². The molecule has 0 aliphatic carbocycles. The fourth-order valence-corrected chi connectivity index (χ4v) is 2.06. The van der Waals surface area contributed by atoms with Gasteiger partial charge < -0.3 is 9.84 Å². The van der Waals surface area contributed by atoms with Gasteiger partial charge in [0.25, 0.3) is 0 Å². The standard InChI is InChI=1S/C18H17NO3/c1-14(20)17(18(21)22-2)19(16-11-7-4-8-12-16)13-15-9-5-3-6-10-15/h3-13H,1-2H3/p+1. The molecule has 0 fully saturated rings. The van der Waals surface area contributed by atoms with E-state index in [1.165, 1.54) is 14.0 Å². The maximum Gasteiger partial charge on any atom is 0.407 e. The van der Waals surface area contributed by atoms with Gasteiger partial charge in [-0.2, -0.15) is 4.58 Å². The zero-order valence-corrected chi connectivity index (χ0v) is 12.6. The second-order valence-corrected chi connectivity index (χ2v) is 4.67. The van der Waals surface area contributed by atoms with Gasteiger partial charge in [-0.1, -0.05) is 36.4 Å². The highest BCUT2D eigenvalue weighted by atomic mass is 16.5. The first-order valence-electron chi connectivity index (χ1n) is 6.86. The van der Waals surface area contributed by atoms with Crippen LogP contribution in [0.15, 0.2) is 72.1 Å². The molecule has 4 heteroatoms. The summed E-state index contributed by atoms with van der Waals surface area (Å²) in [4.78, 5) is 12.1. The number of methoxy groups -OCH3 is 1. The predicted molar refractivity (Wildman–Crippen MR) is 85.3 cm³/mol. The van der Waals surface area contributed by atoms with Crippen LogP contribution in [0.5, 0.6) is 0 Å². The van der Waals surface area contributed by atoms with E-state index in [0.29, 0.717) is 0 Å². The van der Waals surface area contributed by atoms with Crippen molar-refractivity contribution >= 4 is 17.9 Å². The van der Waals surface area contributed by atoms with Crippen LogP contribution < -0.4 is 0 Å². The number of esters is 1. The summed E-state index contributed by atoms with van der Waals surface area (Å²) in [5.41, 5.74) is 1.73. The lowest BCUT2D eigenvalue weighted by Gasteiger charge is -2.06. The molecule has 0 unspecified atom stereocenters. The second kappa shape index (κ2) is 7.22. The molecule has 0 saturated carbocycles. The number of carbonyl (C=O) groups excluding carboxylic acids is 1. The van der Waals surface area contributed by atoms with Gasteiger partial charge in [0.05, 0.1) is 7.11 Å². The highest BCUT2D eigenvalue weighted by Gasteiger charge is 2.28. The Hall–Kier alpha value is -2.88. The quantitative estimate of drug-likeness (QED) is 0.309. The second-order valence-electron chi connectivity index (χ2n) is 4.67. The first-order chi connectivity index (χ1) is 10.6. The topological polar surface area (TPSA) is 49.5 Å². The molecular formula is C18H18NO3+. The molecule has 1 N–H and O–H groups in total. The summed E-state index contributed by atoms with van der Waals surface area (Å²) in [6.07, 6.45) is 1.78. The number of hydrogen-bond donors (Lipinski definition) is 1. The molecule has 0 aliphatic rings. The molecule has 0 heterocycles. The van der Waals surface area contributed by atoms with Gasteiger partial charge in [0.1, 0.15) is 0 Å². The Balaban J connectivity index is 2.64. The molecule has 0 aromatic heterocycles. The smallest absolute Gasteiger partial charge is 0.407 e. The number of nitrogens with zero attached hydrogens (tertiary/aromatic N) is 1. The summed E-state index contributed by atoms with van der Waals surface area (Å²) < 4.78 is 6.42. The highest BCUT2D eigenvalue weighted by molar-refractivity contribution is 5.88. The van der Waals surface area contributed by atoms with Crippen LogP contribution in [0, 0.1) is 0 Å². The van der Waals surface area contributed by atoms with Crippen molar-refractivity contribution in [3.63, 3.8) is 0 Å². The molecule has 0 saturated heterocycles. The van der Waals surface area contributed by atoms with Crippen LogP contribution in [0.1, 0.15) is 12.5 Å². The van der Waals surface area contributed by atoms with E-state index in [1.807, 2.05) is 60.7 Å². The van der Waals surface area contributed by atoms with Gasteiger partial charge in [-0.05, 0) is 12.1 Å². The minimum atomic E-state index is -0.601. The lowest BCUT2D eigenvalue weighted by molar-refractivity contribution is -0.378. The summed E-state index contributed by atoms with van der Waals surface area (Å²) >= 11 is 0. The number of aliphatic hydroxyl groups excluding tert-OH is 1. The molecule has 4 nitrogen and oxygen atoms in total. The van der Waals surface area contributed by atoms with Gasteiger partial charge in [-0.25, -0.2) is 4.79 Å². The Kier molecular flexibility index (Phi) is 5.09. The maximum absolute atomic E-state index is 12.1. The van der Waals surface area contributed by atoms with E-state index in [4.69, 9.17) is 4.74 Å². The van der Waals surface area contributed by atoms with Crippen molar-refractivity contribution < 1.29 is 19.2 Å².